The van der Waals surface area contributed by atoms with Gasteiger partial charge in [-0.3, -0.25) is 9.69 Å². The molecule has 0 aliphatic carbocycles. The van der Waals surface area contributed by atoms with Crippen molar-refractivity contribution < 1.29 is 17.9 Å². The van der Waals surface area contributed by atoms with Crippen LogP contribution in [0.4, 0.5) is 5.69 Å². The highest BCUT2D eigenvalue weighted by Gasteiger charge is 2.25. The molecule has 32 heavy (non-hydrogen) atoms. The largest absolute Gasteiger partial charge is 0.497 e. The molecule has 1 aliphatic heterocycles. The lowest BCUT2D eigenvalue weighted by Crippen LogP contribution is -2.36. The number of likely N-dealkylation sites (tertiary alicyclic amines) is 1. The molecular weight excluding hydrogens is 426 g/mol. The van der Waals surface area contributed by atoms with Crippen LogP contribution in [0.25, 0.3) is 0 Å². The van der Waals surface area contributed by atoms with Crippen molar-refractivity contribution in [3.05, 3.63) is 53.6 Å². The predicted molar refractivity (Wildman–Crippen MR) is 126 cm³/mol. The zero-order chi connectivity index (χ0) is 23.3. The van der Waals surface area contributed by atoms with Crippen molar-refractivity contribution in [2.75, 3.05) is 39.6 Å². The van der Waals surface area contributed by atoms with E-state index in [1.807, 2.05) is 19.1 Å². The first-order valence-corrected chi connectivity index (χ1v) is 12.4. The number of nitrogens with zero attached hydrogens (tertiary/aromatic N) is 2. The Balaban J connectivity index is 1.77. The molecule has 1 atom stereocenters. The minimum Gasteiger partial charge on any atom is -0.497 e. The number of rotatable bonds is 7. The summed E-state index contributed by atoms with van der Waals surface area (Å²) in [4.78, 5) is 15.4. The number of anilines is 1. The first-order valence-electron chi connectivity index (χ1n) is 10.9. The molecular formula is C24H33N3O4S. The molecule has 7 nitrogen and oxygen atoms in total. The number of carbonyl (C=O) groups excluding carboxylic acids is 1. The zero-order valence-electron chi connectivity index (χ0n) is 19.3. The lowest BCUT2D eigenvalue weighted by Gasteiger charge is -2.30. The van der Waals surface area contributed by atoms with Crippen LogP contribution in [0.15, 0.2) is 47.4 Å². The fourth-order valence-electron chi connectivity index (χ4n) is 4.04. The highest BCUT2D eigenvalue weighted by atomic mass is 32.2. The molecule has 0 saturated carbocycles. The number of ether oxygens (including phenoxy) is 1. The van der Waals surface area contributed by atoms with Gasteiger partial charge in [0.15, 0.2) is 0 Å². The van der Waals surface area contributed by atoms with Crippen molar-refractivity contribution in [3.63, 3.8) is 0 Å². The molecule has 2 aromatic rings. The molecule has 2 aromatic carbocycles. The van der Waals surface area contributed by atoms with Gasteiger partial charge in [0.2, 0.25) is 15.9 Å². The Morgan fingerprint density at radius 3 is 2.50 bits per heavy atom. The van der Waals surface area contributed by atoms with Crippen LogP contribution in [0.2, 0.25) is 0 Å². The van der Waals surface area contributed by atoms with E-state index in [0.717, 1.165) is 43.5 Å². The highest BCUT2D eigenvalue weighted by molar-refractivity contribution is 7.89. The molecule has 0 aromatic heterocycles. The molecule has 174 valence electrons. The van der Waals surface area contributed by atoms with Gasteiger partial charge in [0.25, 0.3) is 0 Å². The number of nitrogens with one attached hydrogen (secondary N) is 1. The van der Waals surface area contributed by atoms with Crippen LogP contribution in [-0.2, 0) is 14.8 Å². The molecule has 8 heteroatoms. The minimum atomic E-state index is -3.57. The van der Waals surface area contributed by atoms with E-state index in [1.54, 1.807) is 19.2 Å². The van der Waals surface area contributed by atoms with Crippen LogP contribution in [0, 0.1) is 6.92 Å². The Labute approximate surface area is 191 Å². The van der Waals surface area contributed by atoms with Gasteiger partial charge < -0.3 is 10.1 Å². The van der Waals surface area contributed by atoms with E-state index in [4.69, 9.17) is 4.74 Å². The van der Waals surface area contributed by atoms with E-state index in [2.05, 4.69) is 22.3 Å². The second-order valence-corrected chi connectivity index (χ2v) is 10.6. The summed E-state index contributed by atoms with van der Waals surface area (Å²) in [5, 5.41) is 2.94. The Kier molecular flexibility index (Phi) is 7.92. The molecule has 0 spiro atoms. The van der Waals surface area contributed by atoms with Gasteiger partial charge in [-0.25, -0.2) is 12.7 Å². The summed E-state index contributed by atoms with van der Waals surface area (Å²) >= 11 is 0. The maximum Gasteiger partial charge on any atom is 0.242 e. The van der Waals surface area contributed by atoms with Gasteiger partial charge in [-0.2, -0.15) is 0 Å². The normalized spacial score (nSPS) is 17.7. The molecule has 1 heterocycles. The van der Waals surface area contributed by atoms with Crippen LogP contribution < -0.4 is 10.1 Å². The van der Waals surface area contributed by atoms with Crippen molar-refractivity contribution in [2.24, 2.45) is 0 Å². The summed E-state index contributed by atoms with van der Waals surface area (Å²) in [7, 11) is 1.06. The Morgan fingerprint density at radius 1 is 1.12 bits per heavy atom. The summed E-state index contributed by atoms with van der Waals surface area (Å²) in [6, 6.07) is 13.0. The molecule has 1 aliphatic rings. The highest BCUT2D eigenvalue weighted by Crippen LogP contribution is 2.31. The van der Waals surface area contributed by atoms with E-state index < -0.39 is 10.0 Å². The lowest BCUT2D eigenvalue weighted by molar-refractivity contribution is -0.117. The van der Waals surface area contributed by atoms with Gasteiger partial charge in [-0.15, -0.1) is 0 Å². The minimum absolute atomic E-state index is 0.145. The van der Waals surface area contributed by atoms with Crippen LogP contribution in [-0.4, -0.2) is 57.8 Å². The number of amides is 1. The molecule has 1 amide bonds. The lowest BCUT2D eigenvalue weighted by atomic mass is 10.0. The van der Waals surface area contributed by atoms with Crippen LogP contribution >= 0.6 is 0 Å². The third-order valence-corrected chi connectivity index (χ3v) is 7.78. The van der Waals surface area contributed by atoms with E-state index in [1.165, 1.54) is 30.0 Å². The standard InChI is InChI=1S/C24H33N3O4S/c1-18-9-14-21(32(29,30)26(2)3)16-22(18)25-24(28)17-27-15-7-5-6-8-23(27)19-10-12-20(31-4)13-11-19/h9-14,16,23H,5-8,15,17H2,1-4H3,(H,25,28). The quantitative estimate of drug-likeness (QED) is 0.681. The fraction of sp³-hybridized carbons (Fsp3) is 0.458. The summed E-state index contributed by atoms with van der Waals surface area (Å²) < 4.78 is 31.4. The number of sulfonamides is 1. The van der Waals surface area contributed by atoms with Crippen LogP contribution in [0.1, 0.15) is 42.9 Å². The maximum atomic E-state index is 13.0. The van der Waals surface area contributed by atoms with Crippen LogP contribution in [0.5, 0.6) is 5.75 Å². The van der Waals surface area contributed by atoms with Gasteiger partial charge >= 0.3 is 0 Å². The molecule has 1 saturated heterocycles. The summed E-state index contributed by atoms with van der Waals surface area (Å²) in [6.45, 7) is 2.95. The van der Waals surface area contributed by atoms with E-state index in [-0.39, 0.29) is 23.4 Å². The molecule has 1 unspecified atom stereocenters. The third-order valence-electron chi connectivity index (χ3n) is 5.97. The Bertz CT molecular complexity index is 1040. The fourth-order valence-corrected chi connectivity index (χ4v) is 4.97. The van der Waals surface area contributed by atoms with Gasteiger partial charge in [-0.1, -0.05) is 31.0 Å². The summed E-state index contributed by atoms with van der Waals surface area (Å²) in [5.74, 6) is 0.669. The number of hydrogen-bond donors (Lipinski definition) is 1. The average molecular weight is 460 g/mol. The van der Waals surface area contributed by atoms with Gasteiger partial charge in [0.05, 0.1) is 18.6 Å². The Morgan fingerprint density at radius 2 is 1.84 bits per heavy atom. The van der Waals surface area contributed by atoms with Crippen molar-refractivity contribution in [1.29, 1.82) is 0 Å². The van der Waals surface area contributed by atoms with Crippen molar-refractivity contribution in [2.45, 2.75) is 43.5 Å². The summed E-state index contributed by atoms with van der Waals surface area (Å²) in [5.41, 5.74) is 2.52. The number of carbonyl (C=O) groups is 1. The van der Waals surface area contributed by atoms with Crippen molar-refractivity contribution in [1.82, 2.24) is 9.21 Å². The smallest absolute Gasteiger partial charge is 0.242 e. The monoisotopic (exact) mass is 459 g/mol. The first kappa shape index (κ1) is 24.2. The first-order chi connectivity index (χ1) is 15.2. The second-order valence-electron chi connectivity index (χ2n) is 8.42. The molecule has 0 radical (unpaired) electrons. The molecule has 3 rings (SSSR count). The Hall–Kier alpha value is -2.42. The van der Waals surface area contributed by atoms with Gasteiger partial charge in [-0.05, 0) is 61.7 Å². The number of aryl methyl sites for hydroxylation is 1. The SMILES string of the molecule is COc1ccc(C2CCCCCN2CC(=O)Nc2cc(S(=O)(=O)N(C)C)ccc2C)cc1. The maximum absolute atomic E-state index is 13.0. The van der Waals surface area contributed by atoms with E-state index in [9.17, 15) is 13.2 Å². The summed E-state index contributed by atoms with van der Waals surface area (Å²) in [6.07, 6.45) is 4.32. The van der Waals surface area contributed by atoms with Crippen molar-refractivity contribution >= 4 is 21.6 Å². The third kappa shape index (κ3) is 5.68. The van der Waals surface area contributed by atoms with E-state index in [0.29, 0.717) is 5.69 Å². The molecule has 1 fully saturated rings. The number of methoxy groups -OCH3 is 1. The van der Waals surface area contributed by atoms with Crippen molar-refractivity contribution in [3.8, 4) is 5.75 Å². The topological polar surface area (TPSA) is 79.0 Å². The van der Waals surface area contributed by atoms with E-state index >= 15 is 0 Å². The average Bonchev–Trinajstić information content (AvgIpc) is 3.00. The molecule has 1 N–H and O–H groups in total. The number of benzene rings is 2. The molecule has 0 bridgehead atoms. The zero-order valence-corrected chi connectivity index (χ0v) is 20.1. The number of hydrogen-bond acceptors (Lipinski definition) is 5. The van der Waals surface area contributed by atoms with Crippen LogP contribution in [0.3, 0.4) is 0 Å². The predicted octanol–water partition coefficient (Wildman–Crippen LogP) is 3.81. The van der Waals surface area contributed by atoms with Gasteiger partial charge in [0, 0.05) is 25.8 Å². The second kappa shape index (κ2) is 10.5. The van der Waals surface area contributed by atoms with Gasteiger partial charge in [0.1, 0.15) is 5.75 Å².